The van der Waals surface area contributed by atoms with Crippen LogP contribution in [0.1, 0.15) is 72.9 Å². The van der Waals surface area contributed by atoms with Gasteiger partial charge in [0.05, 0.1) is 11.4 Å². The lowest BCUT2D eigenvalue weighted by molar-refractivity contribution is 0.394. The molecule has 1 aromatic heterocycles. The third kappa shape index (κ3) is 9.91. The van der Waals surface area contributed by atoms with E-state index in [1.165, 1.54) is 12.8 Å². The Morgan fingerprint density at radius 1 is 1.03 bits per heavy atom. The molecule has 1 unspecified atom stereocenters. The van der Waals surface area contributed by atoms with Gasteiger partial charge in [-0.05, 0) is 75.5 Å². The van der Waals surface area contributed by atoms with Gasteiger partial charge < -0.3 is 20.8 Å². The van der Waals surface area contributed by atoms with Crippen molar-refractivity contribution in [3.05, 3.63) is 83.6 Å². The van der Waals surface area contributed by atoms with Gasteiger partial charge in [0.1, 0.15) is 23.0 Å². The first kappa shape index (κ1) is 33.4. The summed E-state index contributed by atoms with van der Waals surface area (Å²) in [6.07, 6.45) is 6.10. The molecule has 39 heavy (non-hydrogen) atoms. The number of rotatable bonds is 13. The van der Waals surface area contributed by atoms with Gasteiger partial charge in [-0.2, -0.15) is 0 Å². The van der Waals surface area contributed by atoms with Crippen molar-refractivity contribution in [2.45, 2.75) is 73.8 Å². The van der Waals surface area contributed by atoms with Gasteiger partial charge in [0.25, 0.3) is 0 Å². The fraction of sp³-hybridized carbons (Fsp3) is 0.438. The first-order chi connectivity index (χ1) is 18.9. The third-order valence-electron chi connectivity index (χ3n) is 6.13. The summed E-state index contributed by atoms with van der Waals surface area (Å²) in [5.74, 6) is 2.34. The SMILES string of the molecule is C=CNc1c(C(C)=N)n(-c2ccc(Oc3ccccc3)cc2)c(=O)n1CC(CC)CCNC.CC.CCCC. The molecule has 3 rings (SSSR count). The molecule has 0 aliphatic carbocycles. The van der Waals surface area contributed by atoms with Crippen LogP contribution in [0.4, 0.5) is 5.82 Å². The zero-order valence-electron chi connectivity index (χ0n) is 25.0. The number of imidazole rings is 1. The molecule has 1 heterocycles. The van der Waals surface area contributed by atoms with Crippen LogP contribution in [0, 0.1) is 11.3 Å². The predicted molar refractivity (Wildman–Crippen MR) is 167 cm³/mol. The van der Waals surface area contributed by atoms with E-state index in [0.717, 1.165) is 25.1 Å². The highest BCUT2D eigenvalue weighted by Crippen LogP contribution is 2.25. The van der Waals surface area contributed by atoms with Crippen LogP contribution in [0.3, 0.4) is 0 Å². The van der Waals surface area contributed by atoms with Crippen LogP contribution in [-0.2, 0) is 6.54 Å². The van der Waals surface area contributed by atoms with Crippen LogP contribution in [0.5, 0.6) is 11.5 Å². The molecular formula is C32H49N5O2. The standard InChI is InChI=1S/C26H33N5O2.C4H10.C2H6/c1-5-20(16-17-28-4)18-30-25(29-6-2)24(19(3)27)31(26(30)32)21-12-14-23(15-13-21)33-22-10-8-7-9-11-22;1-3-4-2;1-2/h6-15,20,27-29H,2,5,16-18H2,1,3-4H3;3-4H2,1-2H3;1-2H3. The maximum atomic E-state index is 13.6. The van der Waals surface area contributed by atoms with Gasteiger partial charge in [-0.3, -0.25) is 9.13 Å². The molecule has 0 fully saturated rings. The Kier molecular flexibility index (Phi) is 16.0. The van der Waals surface area contributed by atoms with E-state index in [1.54, 1.807) is 22.3 Å². The highest BCUT2D eigenvalue weighted by molar-refractivity contribution is 6.00. The van der Waals surface area contributed by atoms with E-state index in [2.05, 4.69) is 38.0 Å². The molecule has 0 bridgehead atoms. The molecule has 214 valence electrons. The number of unbranched alkanes of at least 4 members (excludes halogenated alkanes) is 1. The summed E-state index contributed by atoms with van der Waals surface area (Å²) in [7, 11) is 1.93. The maximum Gasteiger partial charge on any atom is 0.334 e. The topological polar surface area (TPSA) is 84.1 Å². The van der Waals surface area contributed by atoms with Crippen molar-refractivity contribution in [2.24, 2.45) is 5.92 Å². The first-order valence-corrected chi connectivity index (χ1v) is 14.2. The van der Waals surface area contributed by atoms with Gasteiger partial charge >= 0.3 is 5.69 Å². The maximum absolute atomic E-state index is 13.6. The number of hydrogen-bond acceptors (Lipinski definition) is 5. The number of nitrogens with one attached hydrogen (secondary N) is 3. The number of aromatic nitrogens is 2. The number of para-hydroxylation sites is 1. The van der Waals surface area contributed by atoms with Gasteiger partial charge in [0.2, 0.25) is 0 Å². The van der Waals surface area contributed by atoms with Crippen molar-refractivity contribution < 1.29 is 4.74 Å². The minimum absolute atomic E-state index is 0.180. The molecule has 0 saturated carbocycles. The summed E-state index contributed by atoms with van der Waals surface area (Å²) < 4.78 is 9.20. The van der Waals surface area contributed by atoms with E-state index in [9.17, 15) is 4.79 Å². The summed E-state index contributed by atoms with van der Waals surface area (Å²) in [5, 5.41) is 14.7. The molecule has 3 aromatic rings. The second-order valence-electron chi connectivity index (χ2n) is 8.97. The van der Waals surface area contributed by atoms with Crippen molar-refractivity contribution >= 4 is 11.5 Å². The zero-order chi connectivity index (χ0) is 29.2. The number of ether oxygens (including phenoxy) is 1. The van der Waals surface area contributed by atoms with Crippen molar-refractivity contribution in [1.82, 2.24) is 14.5 Å². The molecule has 2 aromatic carbocycles. The molecule has 0 aliphatic rings. The van der Waals surface area contributed by atoms with Gasteiger partial charge in [0, 0.05) is 6.54 Å². The molecule has 0 radical (unpaired) electrons. The molecule has 7 nitrogen and oxygen atoms in total. The van der Waals surface area contributed by atoms with E-state index in [-0.39, 0.29) is 5.69 Å². The lowest BCUT2D eigenvalue weighted by atomic mass is 10.0. The van der Waals surface area contributed by atoms with Crippen LogP contribution in [0.15, 0.2) is 72.2 Å². The average Bonchev–Trinajstić information content (AvgIpc) is 3.24. The molecule has 0 saturated heterocycles. The highest BCUT2D eigenvalue weighted by Gasteiger charge is 2.23. The van der Waals surface area contributed by atoms with Gasteiger partial charge in [-0.25, -0.2) is 4.79 Å². The lowest BCUT2D eigenvalue weighted by Crippen LogP contribution is -2.28. The van der Waals surface area contributed by atoms with E-state index in [4.69, 9.17) is 10.1 Å². The van der Waals surface area contributed by atoms with E-state index >= 15 is 0 Å². The summed E-state index contributed by atoms with van der Waals surface area (Å²) in [4.78, 5) is 13.6. The minimum Gasteiger partial charge on any atom is -0.457 e. The highest BCUT2D eigenvalue weighted by atomic mass is 16.5. The number of nitrogens with zero attached hydrogens (tertiary/aromatic N) is 2. The Balaban J connectivity index is 0.00000116. The Hall–Kier alpha value is -3.58. The quantitative estimate of drug-likeness (QED) is 0.195. The molecule has 0 aliphatic heterocycles. The van der Waals surface area contributed by atoms with Crippen molar-refractivity contribution in [2.75, 3.05) is 18.9 Å². The number of hydrogen-bond donors (Lipinski definition) is 3. The van der Waals surface area contributed by atoms with Crippen LogP contribution in [0.2, 0.25) is 0 Å². The zero-order valence-corrected chi connectivity index (χ0v) is 25.0. The van der Waals surface area contributed by atoms with Gasteiger partial charge in [-0.15, -0.1) is 0 Å². The van der Waals surface area contributed by atoms with Crippen LogP contribution >= 0.6 is 0 Å². The normalized spacial score (nSPS) is 10.8. The van der Waals surface area contributed by atoms with Crippen LogP contribution in [-0.4, -0.2) is 28.4 Å². The minimum atomic E-state index is -0.180. The Morgan fingerprint density at radius 2 is 1.62 bits per heavy atom. The van der Waals surface area contributed by atoms with Gasteiger partial charge in [0.15, 0.2) is 0 Å². The lowest BCUT2D eigenvalue weighted by Gasteiger charge is -2.17. The van der Waals surface area contributed by atoms with Crippen molar-refractivity contribution in [3.8, 4) is 17.2 Å². The molecule has 0 spiro atoms. The molecule has 0 amide bonds. The number of benzene rings is 2. The fourth-order valence-electron chi connectivity index (χ4n) is 3.86. The molecule has 7 heteroatoms. The molecule has 3 N–H and O–H groups in total. The number of anilines is 1. The van der Waals surface area contributed by atoms with Gasteiger partial charge in [-0.1, -0.05) is 78.7 Å². The predicted octanol–water partition coefficient (Wildman–Crippen LogP) is 7.84. The molecule has 1 atom stereocenters. The van der Waals surface area contributed by atoms with Crippen LogP contribution in [0.25, 0.3) is 5.69 Å². The summed E-state index contributed by atoms with van der Waals surface area (Å²) in [6, 6.07) is 16.9. The second-order valence-corrected chi connectivity index (χ2v) is 8.97. The van der Waals surface area contributed by atoms with Crippen molar-refractivity contribution in [3.63, 3.8) is 0 Å². The fourth-order valence-corrected chi connectivity index (χ4v) is 3.86. The van der Waals surface area contributed by atoms with Crippen LogP contribution < -0.4 is 21.1 Å². The smallest absolute Gasteiger partial charge is 0.334 e. The van der Waals surface area contributed by atoms with E-state index in [1.807, 2.05) is 75.5 Å². The Morgan fingerprint density at radius 3 is 2.10 bits per heavy atom. The van der Waals surface area contributed by atoms with Crippen molar-refractivity contribution in [1.29, 1.82) is 5.41 Å². The van der Waals surface area contributed by atoms with E-state index < -0.39 is 0 Å². The summed E-state index contributed by atoms with van der Waals surface area (Å²) in [6.45, 7) is 17.4. The summed E-state index contributed by atoms with van der Waals surface area (Å²) in [5.41, 5.74) is 1.32. The largest absolute Gasteiger partial charge is 0.457 e. The molecular weight excluding hydrogens is 486 g/mol. The monoisotopic (exact) mass is 535 g/mol. The van der Waals surface area contributed by atoms with E-state index in [0.29, 0.717) is 41.1 Å². The second kappa shape index (κ2) is 18.6. The third-order valence-corrected chi connectivity index (χ3v) is 6.13. The summed E-state index contributed by atoms with van der Waals surface area (Å²) >= 11 is 0. The first-order valence-electron chi connectivity index (χ1n) is 14.2. The average molecular weight is 536 g/mol. The Bertz CT molecular complexity index is 1160. The Labute approximate surface area is 235 Å².